The summed E-state index contributed by atoms with van der Waals surface area (Å²) in [6, 6.07) is 4.34. The van der Waals surface area contributed by atoms with Crippen LogP contribution in [0.4, 0.5) is 5.69 Å². The number of benzene rings is 1. The molecular weight excluding hydrogens is 304 g/mol. The summed E-state index contributed by atoms with van der Waals surface area (Å²) in [5.74, 6) is 0. The largest absolute Gasteiger partial charge is 0.399 e. The van der Waals surface area contributed by atoms with Crippen LogP contribution in [0.2, 0.25) is 5.02 Å². The van der Waals surface area contributed by atoms with Gasteiger partial charge >= 0.3 is 0 Å². The molecule has 112 valence electrons. The first-order chi connectivity index (χ1) is 9.40. The SMILES string of the molecule is COC1CN(S(=O)(=O)c2ccc(N)cc2Cl)CC1OC. The van der Waals surface area contributed by atoms with Crippen molar-refractivity contribution in [2.45, 2.75) is 17.1 Å². The highest BCUT2D eigenvalue weighted by molar-refractivity contribution is 7.89. The topological polar surface area (TPSA) is 81.9 Å². The van der Waals surface area contributed by atoms with Gasteiger partial charge in [-0.1, -0.05) is 11.6 Å². The molecule has 6 nitrogen and oxygen atoms in total. The van der Waals surface area contributed by atoms with E-state index in [2.05, 4.69) is 0 Å². The zero-order chi connectivity index (χ0) is 14.9. The van der Waals surface area contributed by atoms with E-state index in [0.717, 1.165) is 0 Å². The number of sulfonamides is 1. The lowest BCUT2D eigenvalue weighted by Gasteiger charge is -2.17. The molecule has 2 atom stereocenters. The number of anilines is 1. The second-order valence-corrected chi connectivity index (χ2v) is 6.87. The van der Waals surface area contributed by atoms with Gasteiger partial charge in [-0.05, 0) is 18.2 Å². The maximum absolute atomic E-state index is 12.6. The molecule has 1 aromatic rings. The molecule has 0 bridgehead atoms. The summed E-state index contributed by atoms with van der Waals surface area (Å²) in [7, 11) is -0.625. The summed E-state index contributed by atoms with van der Waals surface area (Å²) in [6.45, 7) is 0.468. The van der Waals surface area contributed by atoms with Gasteiger partial charge < -0.3 is 15.2 Å². The number of ether oxygens (including phenoxy) is 2. The molecule has 0 amide bonds. The van der Waals surface area contributed by atoms with E-state index in [0.29, 0.717) is 5.69 Å². The van der Waals surface area contributed by atoms with E-state index in [9.17, 15) is 8.42 Å². The molecule has 1 saturated heterocycles. The molecule has 1 aliphatic rings. The fourth-order valence-electron chi connectivity index (χ4n) is 2.23. The minimum absolute atomic E-state index is 0.0416. The van der Waals surface area contributed by atoms with Gasteiger partial charge in [0.1, 0.15) is 4.90 Å². The predicted molar refractivity (Wildman–Crippen MR) is 76.2 cm³/mol. The van der Waals surface area contributed by atoms with Crippen molar-refractivity contribution in [1.29, 1.82) is 0 Å². The van der Waals surface area contributed by atoms with Crippen molar-refractivity contribution in [1.82, 2.24) is 4.31 Å². The fourth-order valence-corrected chi connectivity index (χ4v) is 4.22. The van der Waals surface area contributed by atoms with E-state index in [4.69, 9.17) is 26.8 Å². The lowest BCUT2D eigenvalue weighted by atomic mass is 10.3. The Kier molecular flexibility index (Phi) is 4.55. The van der Waals surface area contributed by atoms with Crippen LogP contribution in [0.1, 0.15) is 0 Å². The molecule has 0 aliphatic carbocycles. The third-order valence-electron chi connectivity index (χ3n) is 3.36. The van der Waals surface area contributed by atoms with E-state index >= 15 is 0 Å². The molecule has 1 fully saturated rings. The summed E-state index contributed by atoms with van der Waals surface area (Å²) < 4.78 is 37.0. The molecule has 1 aromatic carbocycles. The van der Waals surface area contributed by atoms with Crippen LogP contribution in [0.25, 0.3) is 0 Å². The third-order valence-corrected chi connectivity index (χ3v) is 5.68. The number of methoxy groups -OCH3 is 2. The number of nitrogen functional groups attached to an aromatic ring is 1. The second kappa shape index (κ2) is 5.87. The first-order valence-electron chi connectivity index (χ1n) is 6.01. The molecule has 0 saturated carbocycles. The minimum Gasteiger partial charge on any atom is -0.399 e. The third kappa shape index (κ3) is 2.77. The van der Waals surface area contributed by atoms with Crippen LogP contribution in [0.15, 0.2) is 23.1 Å². The first kappa shape index (κ1) is 15.5. The highest BCUT2D eigenvalue weighted by Crippen LogP contribution is 2.29. The van der Waals surface area contributed by atoms with Crippen molar-refractivity contribution in [3.05, 3.63) is 23.2 Å². The molecule has 2 N–H and O–H groups in total. The van der Waals surface area contributed by atoms with E-state index in [1.165, 1.54) is 36.7 Å². The van der Waals surface area contributed by atoms with Gasteiger partial charge in [0, 0.05) is 33.0 Å². The van der Waals surface area contributed by atoms with E-state index in [-0.39, 0.29) is 35.2 Å². The molecule has 2 unspecified atom stereocenters. The van der Waals surface area contributed by atoms with Gasteiger partial charge in [-0.25, -0.2) is 8.42 Å². The Morgan fingerprint density at radius 1 is 1.25 bits per heavy atom. The average molecular weight is 321 g/mol. The van der Waals surface area contributed by atoms with Gasteiger partial charge in [0.25, 0.3) is 0 Å². The molecule has 0 aromatic heterocycles. The van der Waals surface area contributed by atoms with Crippen molar-refractivity contribution in [3.63, 3.8) is 0 Å². The quantitative estimate of drug-likeness (QED) is 0.836. The van der Waals surface area contributed by atoms with Gasteiger partial charge in [0.2, 0.25) is 10.0 Å². The highest BCUT2D eigenvalue weighted by Gasteiger charge is 2.40. The number of hydrogen-bond donors (Lipinski definition) is 1. The maximum Gasteiger partial charge on any atom is 0.244 e. The monoisotopic (exact) mass is 320 g/mol. The van der Waals surface area contributed by atoms with Crippen LogP contribution in [-0.2, 0) is 19.5 Å². The number of nitrogens with zero attached hydrogens (tertiary/aromatic N) is 1. The normalized spacial score (nSPS) is 24.1. The average Bonchev–Trinajstić information content (AvgIpc) is 2.82. The van der Waals surface area contributed by atoms with Crippen LogP contribution in [0.3, 0.4) is 0 Å². The van der Waals surface area contributed by atoms with Crippen LogP contribution in [0, 0.1) is 0 Å². The Hall–Kier alpha value is -0.860. The lowest BCUT2D eigenvalue weighted by Crippen LogP contribution is -2.30. The van der Waals surface area contributed by atoms with Crippen molar-refractivity contribution < 1.29 is 17.9 Å². The highest BCUT2D eigenvalue weighted by atomic mass is 35.5. The standard InChI is InChI=1S/C12H17ClN2O4S/c1-18-10-6-15(7-11(10)19-2)20(16,17)12-4-3-8(14)5-9(12)13/h3-5,10-11H,6-7,14H2,1-2H3. The first-order valence-corrected chi connectivity index (χ1v) is 7.82. The molecule has 0 radical (unpaired) electrons. The summed E-state index contributed by atoms with van der Waals surface area (Å²) >= 11 is 5.98. The summed E-state index contributed by atoms with van der Waals surface area (Å²) in [5.41, 5.74) is 6.00. The molecule has 1 aliphatic heterocycles. The Bertz CT molecular complexity index is 581. The van der Waals surface area contributed by atoms with Crippen LogP contribution < -0.4 is 5.73 Å². The maximum atomic E-state index is 12.6. The van der Waals surface area contributed by atoms with E-state index in [1.807, 2.05) is 0 Å². The van der Waals surface area contributed by atoms with Crippen molar-refractivity contribution in [3.8, 4) is 0 Å². The number of halogens is 1. The fraction of sp³-hybridized carbons (Fsp3) is 0.500. The molecule has 20 heavy (non-hydrogen) atoms. The number of rotatable bonds is 4. The summed E-state index contributed by atoms with van der Waals surface area (Å²) in [6.07, 6.45) is -0.579. The molecular formula is C12H17ClN2O4S. The zero-order valence-corrected chi connectivity index (χ0v) is 12.8. The molecule has 1 heterocycles. The Labute approximate surface area is 123 Å². The Morgan fingerprint density at radius 3 is 2.25 bits per heavy atom. The van der Waals surface area contributed by atoms with Gasteiger partial charge in [-0.3, -0.25) is 0 Å². The second-order valence-electron chi connectivity index (χ2n) is 4.56. The minimum atomic E-state index is -3.69. The van der Waals surface area contributed by atoms with Gasteiger partial charge in [-0.2, -0.15) is 4.31 Å². The lowest BCUT2D eigenvalue weighted by molar-refractivity contribution is -0.00461. The smallest absolute Gasteiger partial charge is 0.244 e. The van der Waals surface area contributed by atoms with E-state index in [1.54, 1.807) is 0 Å². The Balaban J connectivity index is 2.32. The Morgan fingerprint density at radius 2 is 1.80 bits per heavy atom. The molecule has 2 rings (SSSR count). The van der Waals surface area contributed by atoms with Gasteiger partial charge in [0.15, 0.2) is 0 Å². The number of hydrogen-bond acceptors (Lipinski definition) is 5. The van der Waals surface area contributed by atoms with Gasteiger partial charge in [0.05, 0.1) is 17.2 Å². The summed E-state index contributed by atoms with van der Waals surface area (Å²) in [5, 5.41) is 0.111. The van der Waals surface area contributed by atoms with Crippen molar-refractivity contribution in [2.24, 2.45) is 0 Å². The van der Waals surface area contributed by atoms with Crippen molar-refractivity contribution in [2.75, 3.05) is 33.0 Å². The van der Waals surface area contributed by atoms with Crippen molar-refractivity contribution >= 4 is 27.3 Å². The van der Waals surface area contributed by atoms with Crippen LogP contribution in [-0.4, -0.2) is 52.2 Å². The molecule has 0 spiro atoms. The number of nitrogens with two attached hydrogens (primary N) is 1. The van der Waals surface area contributed by atoms with Crippen LogP contribution >= 0.6 is 11.6 Å². The molecule has 8 heteroatoms. The predicted octanol–water partition coefficient (Wildman–Crippen LogP) is 0.956. The zero-order valence-electron chi connectivity index (χ0n) is 11.2. The van der Waals surface area contributed by atoms with Gasteiger partial charge in [-0.15, -0.1) is 0 Å². The van der Waals surface area contributed by atoms with Crippen LogP contribution in [0.5, 0.6) is 0 Å². The van der Waals surface area contributed by atoms with E-state index < -0.39 is 10.0 Å². The summed E-state index contributed by atoms with van der Waals surface area (Å²) in [4.78, 5) is 0.0416.